The molecule has 0 aromatic heterocycles. The highest BCUT2D eigenvalue weighted by atomic mass is 19.2. The van der Waals surface area contributed by atoms with Gasteiger partial charge in [-0.2, -0.15) is 8.78 Å². The van der Waals surface area contributed by atoms with Crippen LogP contribution < -0.4 is 15.8 Å². The monoisotopic (exact) mass is 488 g/mol. The van der Waals surface area contributed by atoms with Gasteiger partial charge in [-0.05, 0) is 38.5 Å². The zero-order valence-electron chi connectivity index (χ0n) is 18.3. The molecule has 0 saturated carbocycles. The maximum atomic E-state index is 13.8. The van der Waals surface area contributed by atoms with Crippen LogP contribution in [-0.4, -0.2) is 29.5 Å². The molecular weight excluding hydrogens is 467 g/mol. The molecule has 0 fully saturated rings. The SMILES string of the molecule is CC(C)(C)OC(=O)c1ccc(CN[C@@H](CC(N)=O)C(=O)Oc2c(F)c(F)c(F)c(F)c2F)cc1. The molecule has 0 aliphatic carbocycles. The van der Waals surface area contributed by atoms with Gasteiger partial charge in [-0.15, -0.1) is 0 Å². The van der Waals surface area contributed by atoms with Crippen LogP contribution in [0.25, 0.3) is 0 Å². The van der Waals surface area contributed by atoms with Gasteiger partial charge in [0.05, 0.1) is 12.0 Å². The number of rotatable bonds is 8. The molecule has 0 unspecified atom stereocenters. The molecule has 2 rings (SSSR count). The number of esters is 2. The zero-order chi connectivity index (χ0) is 25.8. The van der Waals surface area contributed by atoms with E-state index in [4.69, 9.17) is 10.5 Å². The summed E-state index contributed by atoms with van der Waals surface area (Å²) in [7, 11) is 0. The van der Waals surface area contributed by atoms with Gasteiger partial charge in [0.25, 0.3) is 0 Å². The minimum Gasteiger partial charge on any atom is -0.456 e. The van der Waals surface area contributed by atoms with Crippen molar-refractivity contribution < 1.29 is 45.8 Å². The number of benzene rings is 2. The van der Waals surface area contributed by atoms with Crippen molar-refractivity contribution in [3.05, 3.63) is 64.5 Å². The summed E-state index contributed by atoms with van der Waals surface area (Å²) >= 11 is 0. The molecular formula is C22H21F5N2O5. The molecule has 1 amide bonds. The minimum absolute atomic E-state index is 0.112. The van der Waals surface area contributed by atoms with Gasteiger partial charge in [0.1, 0.15) is 11.6 Å². The second-order valence-corrected chi connectivity index (χ2v) is 8.12. The number of ether oxygens (including phenoxy) is 2. The second-order valence-electron chi connectivity index (χ2n) is 8.12. The normalized spacial score (nSPS) is 12.2. The molecule has 0 aliphatic heterocycles. The largest absolute Gasteiger partial charge is 0.456 e. The van der Waals surface area contributed by atoms with Crippen molar-refractivity contribution in [1.29, 1.82) is 0 Å². The molecule has 34 heavy (non-hydrogen) atoms. The molecule has 0 saturated heterocycles. The molecule has 184 valence electrons. The van der Waals surface area contributed by atoms with Crippen molar-refractivity contribution in [3.63, 3.8) is 0 Å². The Labute approximate surface area is 191 Å². The van der Waals surface area contributed by atoms with Gasteiger partial charge in [-0.1, -0.05) is 12.1 Å². The Balaban J connectivity index is 2.15. The highest BCUT2D eigenvalue weighted by Gasteiger charge is 2.31. The molecule has 0 radical (unpaired) electrons. The summed E-state index contributed by atoms with van der Waals surface area (Å²) in [5.41, 5.74) is 5.12. The van der Waals surface area contributed by atoms with Crippen LogP contribution in [0, 0.1) is 29.1 Å². The van der Waals surface area contributed by atoms with Crippen molar-refractivity contribution >= 4 is 17.8 Å². The number of hydrogen-bond donors (Lipinski definition) is 2. The first-order chi connectivity index (χ1) is 15.7. The van der Waals surface area contributed by atoms with Gasteiger partial charge in [-0.3, -0.25) is 10.1 Å². The van der Waals surface area contributed by atoms with Crippen LogP contribution in [0.3, 0.4) is 0 Å². The lowest BCUT2D eigenvalue weighted by Crippen LogP contribution is -2.42. The van der Waals surface area contributed by atoms with E-state index in [9.17, 15) is 36.3 Å². The first kappa shape index (κ1) is 26.7. The van der Waals surface area contributed by atoms with Gasteiger partial charge in [-0.25, -0.2) is 22.8 Å². The first-order valence-corrected chi connectivity index (χ1v) is 9.78. The number of nitrogens with two attached hydrogens (primary N) is 1. The van der Waals surface area contributed by atoms with Gasteiger partial charge in [0, 0.05) is 6.54 Å². The fraction of sp³-hybridized carbons (Fsp3) is 0.318. The van der Waals surface area contributed by atoms with Gasteiger partial charge < -0.3 is 15.2 Å². The lowest BCUT2D eigenvalue weighted by molar-refractivity contribution is -0.139. The number of amides is 1. The van der Waals surface area contributed by atoms with Crippen LogP contribution in [0.1, 0.15) is 43.1 Å². The van der Waals surface area contributed by atoms with Crippen molar-refractivity contribution in [2.24, 2.45) is 5.73 Å². The van der Waals surface area contributed by atoms with E-state index in [0.29, 0.717) is 5.56 Å². The summed E-state index contributed by atoms with van der Waals surface area (Å²) < 4.78 is 77.0. The van der Waals surface area contributed by atoms with E-state index in [1.807, 2.05) is 0 Å². The first-order valence-electron chi connectivity index (χ1n) is 9.78. The van der Waals surface area contributed by atoms with Crippen LogP contribution in [0.4, 0.5) is 22.0 Å². The standard InChI is InChI=1S/C22H21F5N2O5/c1-22(2,3)34-20(31)11-6-4-10(5-7-11)9-29-12(8-13(28)30)21(32)33-19-17(26)15(24)14(23)16(25)18(19)27/h4-7,12,29H,8-9H2,1-3H3,(H2,28,30)/t12-/m0/s1. The number of hydrogen-bond acceptors (Lipinski definition) is 6. The fourth-order valence-electron chi connectivity index (χ4n) is 2.62. The van der Waals surface area contributed by atoms with Crippen molar-refractivity contribution in [1.82, 2.24) is 5.32 Å². The van der Waals surface area contributed by atoms with Crippen LogP contribution in [-0.2, 0) is 20.9 Å². The topological polar surface area (TPSA) is 108 Å². The molecule has 2 aromatic rings. The van der Waals surface area contributed by atoms with Gasteiger partial charge in [0.15, 0.2) is 0 Å². The van der Waals surface area contributed by atoms with Crippen molar-refractivity contribution in [3.8, 4) is 5.75 Å². The third kappa shape index (κ3) is 6.73. The summed E-state index contributed by atoms with van der Waals surface area (Å²) in [5.74, 6) is -16.6. The zero-order valence-corrected chi connectivity index (χ0v) is 18.3. The van der Waals surface area contributed by atoms with E-state index in [2.05, 4.69) is 10.1 Å². The number of halogens is 5. The summed E-state index contributed by atoms with van der Waals surface area (Å²) in [6.45, 7) is 4.99. The predicted octanol–water partition coefficient (Wildman–Crippen LogP) is 3.28. The molecule has 0 heterocycles. The lowest BCUT2D eigenvalue weighted by atomic mass is 10.1. The summed E-state index contributed by atoms with van der Waals surface area (Å²) in [5, 5.41) is 2.56. The number of nitrogens with one attached hydrogen (secondary N) is 1. The Morgan fingerprint density at radius 1 is 0.912 bits per heavy atom. The smallest absolute Gasteiger partial charge is 0.338 e. The molecule has 0 aliphatic rings. The van der Waals surface area contributed by atoms with E-state index in [1.165, 1.54) is 24.3 Å². The molecule has 3 N–H and O–H groups in total. The van der Waals surface area contributed by atoms with E-state index in [-0.39, 0.29) is 12.1 Å². The minimum atomic E-state index is -2.42. The maximum Gasteiger partial charge on any atom is 0.338 e. The Morgan fingerprint density at radius 3 is 1.88 bits per heavy atom. The van der Waals surface area contributed by atoms with Crippen LogP contribution >= 0.6 is 0 Å². The Morgan fingerprint density at radius 2 is 1.41 bits per heavy atom. The van der Waals surface area contributed by atoms with Crippen molar-refractivity contribution in [2.75, 3.05) is 0 Å². The van der Waals surface area contributed by atoms with E-state index >= 15 is 0 Å². The summed E-state index contributed by atoms with van der Waals surface area (Å²) in [6.07, 6.45) is -0.704. The van der Waals surface area contributed by atoms with Crippen LogP contribution in [0.15, 0.2) is 24.3 Å². The molecule has 0 spiro atoms. The third-order valence-electron chi connectivity index (χ3n) is 4.20. The highest BCUT2D eigenvalue weighted by molar-refractivity contribution is 5.89. The second kappa shape index (κ2) is 10.6. The molecule has 0 bridgehead atoms. The van der Waals surface area contributed by atoms with E-state index in [1.54, 1.807) is 20.8 Å². The number of carbonyl (C=O) groups is 3. The van der Waals surface area contributed by atoms with E-state index < -0.39 is 70.7 Å². The lowest BCUT2D eigenvalue weighted by Gasteiger charge is -2.19. The molecule has 7 nitrogen and oxygen atoms in total. The molecule has 1 atom stereocenters. The Kier molecular flexibility index (Phi) is 8.32. The predicted molar refractivity (Wildman–Crippen MR) is 108 cm³/mol. The average molecular weight is 488 g/mol. The van der Waals surface area contributed by atoms with Gasteiger partial charge in [0.2, 0.25) is 40.7 Å². The fourth-order valence-corrected chi connectivity index (χ4v) is 2.62. The third-order valence-corrected chi connectivity index (χ3v) is 4.20. The average Bonchev–Trinajstić information content (AvgIpc) is 2.75. The quantitative estimate of drug-likeness (QED) is 0.194. The molecule has 12 heteroatoms. The van der Waals surface area contributed by atoms with E-state index in [0.717, 1.165) is 0 Å². The van der Waals surface area contributed by atoms with Crippen molar-refractivity contribution in [2.45, 2.75) is 45.4 Å². The number of primary amides is 1. The summed E-state index contributed by atoms with van der Waals surface area (Å²) in [6, 6.07) is 4.31. The van der Waals surface area contributed by atoms with Crippen LogP contribution in [0.2, 0.25) is 0 Å². The van der Waals surface area contributed by atoms with Crippen LogP contribution in [0.5, 0.6) is 5.75 Å². The Hall–Kier alpha value is -3.54. The molecule has 2 aromatic carbocycles. The highest BCUT2D eigenvalue weighted by Crippen LogP contribution is 2.29. The van der Waals surface area contributed by atoms with Gasteiger partial charge >= 0.3 is 11.9 Å². The Bertz CT molecular complexity index is 1070. The maximum absolute atomic E-state index is 13.8. The summed E-state index contributed by atoms with van der Waals surface area (Å²) in [4.78, 5) is 35.7. The number of carbonyl (C=O) groups excluding carboxylic acids is 3.